The molecule has 0 bridgehead atoms. The summed E-state index contributed by atoms with van der Waals surface area (Å²) in [6, 6.07) is 18.3. The Hall–Kier alpha value is -5.88. The van der Waals surface area contributed by atoms with Gasteiger partial charge in [-0.15, -0.1) is 0 Å². The van der Waals surface area contributed by atoms with E-state index in [1.165, 1.54) is 0 Å². The molecular weight excluding hydrogens is 646 g/mol. The molecule has 0 fully saturated rings. The van der Waals surface area contributed by atoms with Gasteiger partial charge in [-0.2, -0.15) is 0 Å². The van der Waals surface area contributed by atoms with Gasteiger partial charge in [0.25, 0.3) is 0 Å². The average molecular weight is 690 g/mol. The molecule has 0 radical (unpaired) electrons. The Balaban J connectivity index is 1.29. The molecule has 0 aliphatic carbocycles. The summed E-state index contributed by atoms with van der Waals surface area (Å²) in [6.45, 7) is 3.81. The van der Waals surface area contributed by atoms with Crippen molar-refractivity contribution in [1.82, 2.24) is 30.9 Å². The summed E-state index contributed by atoms with van der Waals surface area (Å²) in [4.78, 5) is 63.8. The van der Waals surface area contributed by atoms with E-state index in [0.717, 1.165) is 49.4 Å². The number of benzene rings is 3. The molecule has 12 heteroatoms. The number of aromatic nitrogens is 3. The fourth-order valence-corrected chi connectivity index (χ4v) is 6.50. The Morgan fingerprint density at radius 2 is 0.961 bits per heavy atom. The van der Waals surface area contributed by atoms with Crippen molar-refractivity contribution in [3.05, 3.63) is 108 Å². The first-order chi connectivity index (χ1) is 24.6. The van der Waals surface area contributed by atoms with Gasteiger partial charge in [-0.3, -0.25) is 14.4 Å². The molecule has 6 rings (SSSR count). The molecule has 3 aromatic heterocycles. The minimum Gasteiger partial charge on any atom is -0.480 e. The molecule has 3 heterocycles. The first-order valence-corrected chi connectivity index (χ1v) is 17.2. The third-order valence-electron chi connectivity index (χ3n) is 9.74. The topological polar surface area (TPSA) is 198 Å². The maximum absolute atomic E-state index is 14.2. The molecule has 5 unspecified atom stereocenters. The SMILES string of the molecule is CCC(C)C(N)C(=O)NC(Cc1c[nH]c2ccccc12)C(=O)NC(Cc1c[nH]c2ccccc12)C(=O)NC(Cc1c[nH]c2ccccc12)C(=O)O. The quantitative estimate of drug-likeness (QED) is 0.0800. The number of fused-ring (bicyclic) bond motifs is 3. The van der Waals surface area contributed by atoms with E-state index in [4.69, 9.17) is 5.73 Å². The number of carbonyl (C=O) groups is 4. The predicted octanol–water partition coefficient (Wildman–Crippen LogP) is 4.07. The monoisotopic (exact) mass is 689 g/mol. The van der Waals surface area contributed by atoms with Gasteiger partial charge in [0, 0.05) is 70.6 Å². The zero-order valence-electron chi connectivity index (χ0n) is 28.5. The number of carboxylic acid groups (broad SMARTS) is 1. The largest absolute Gasteiger partial charge is 0.480 e. The van der Waals surface area contributed by atoms with Crippen molar-refractivity contribution in [3.63, 3.8) is 0 Å². The summed E-state index contributed by atoms with van der Waals surface area (Å²) in [6.07, 6.45) is 6.17. The van der Waals surface area contributed by atoms with Crippen molar-refractivity contribution < 1.29 is 24.3 Å². The molecule has 0 aliphatic heterocycles. The lowest BCUT2D eigenvalue weighted by Crippen LogP contribution is -2.58. The van der Waals surface area contributed by atoms with Crippen molar-refractivity contribution in [2.75, 3.05) is 0 Å². The summed E-state index contributed by atoms with van der Waals surface area (Å²) < 4.78 is 0. The highest BCUT2D eigenvalue weighted by Gasteiger charge is 2.32. The average Bonchev–Trinajstić information content (AvgIpc) is 3.87. The highest BCUT2D eigenvalue weighted by atomic mass is 16.4. The minimum absolute atomic E-state index is 0.0194. The highest BCUT2D eigenvalue weighted by molar-refractivity contribution is 5.96. The molecule has 0 saturated heterocycles. The van der Waals surface area contributed by atoms with Crippen LogP contribution in [0.2, 0.25) is 0 Å². The molecule has 0 aliphatic rings. The van der Waals surface area contributed by atoms with Gasteiger partial charge in [0.05, 0.1) is 6.04 Å². The van der Waals surface area contributed by atoms with Crippen LogP contribution in [-0.2, 0) is 38.4 Å². The first kappa shape index (κ1) is 35.0. The second-order valence-corrected chi connectivity index (χ2v) is 13.1. The van der Waals surface area contributed by atoms with E-state index in [0.29, 0.717) is 6.42 Å². The maximum atomic E-state index is 14.2. The molecule has 0 saturated carbocycles. The third-order valence-corrected chi connectivity index (χ3v) is 9.74. The Bertz CT molecular complexity index is 2180. The summed E-state index contributed by atoms with van der Waals surface area (Å²) in [5.41, 5.74) is 11.1. The normalized spacial score (nSPS) is 14.5. The smallest absolute Gasteiger partial charge is 0.326 e. The van der Waals surface area contributed by atoms with Gasteiger partial charge in [0.2, 0.25) is 17.7 Å². The number of amides is 3. The minimum atomic E-state index is -1.28. The first-order valence-electron chi connectivity index (χ1n) is 17.2. The van der Waals surface area contributed by atoms with Gasteiger partial charge in [0.1, 0.15) is 18.1 Å². The second kappa shape index (κ2) is 15.3. The third kappa shape index (κ3) is 7.81. The number of H-pyrrole nitrogens is 3. The molecule has 3 aromatic carbocycles. The molecule has 5 atom stereocenters. The van der Waals surface area contributed by atoms with Gasteiger partial charge < -0.3 is 41.7 Å². The molecule has 12 nitrogen and oxygen atoms in total. The van der Waals surface area contributed by atoms with E-state index >= 15 is 0 Å². The Morgan fingerprint density at radius 1 is 0.608 bits per heavy atom. The molecule has 3 amide bonds. The van der Waals surface area contributed by atoms with E-state index in [9.17, 15) is 24.3 Å². The van der Waals surface area contributed by atoms with Crippen molar-refractivity contribution >= 4 is 56.4 Å². The Morgan fingerprint density at radius 3 is 1.35 bits per heavy atom. The van der Waals surface area contributed by atoms with Crippen molar-refractivity contribution in [1.29, 1.82) is 0 Å². The van der Waals surface area contributed by atoms with E-state index < -0.39 is 47.9 Å². The zero-order chi connectivity index (χ0) is 36.1. The van der Waals surface area contributed by atoms with Crippen LogP contribution in [0.4, 0.5) is 0 Å². The molecule has 9 N–H and O–H groups in total. The number of aromatic amines is 3. The Kier molecular flexibility index (Phi) is 10.5. The fourth-order valence-electron chi connectivity index (χ4n) is 6.50. The van der Waals surface area contributed by atoms with Gasteiger partial charge in [-0.1, -0.05) is 74.9 Å². The number of para-hydroxylation sites is 3. The fraction of sp³-hybridized carbons (Fsp3) is 0.282. The van der Waals surface area contributed by atoms with Crippen molar-refractivity contribution in [3.8, 4) is 0 Å². The Labute approximate surface area is 294 Å². The van der Waals surface area contributed by atoms with Crippen molar-refractivity contribution in [2.45, 2.75) is 63.7 Å². The number of nitrogens with two attached hydrogens (primary N) is 1. The lowest BCUT2D eigenvalue weighted by Gasteiger charge is -2.26. The summed E-state index contributed by atoms with van der Waals surface area (Å²) >= 11 is 0. The number of hydrogen-bond acceptors (Lipinski definition) is 5. The summed E-state index contributed by atoms with van der Waals surface area (Å²) in [7, 11) is 0. The van der Waals surface area contributed by atoms with Crippen LogP contribution in [0.15, 0.2) is 91.4 Å². The van der Waals surface area contributed by atoms with Crippen LogP contribution in [0, 0.1) is 5.92 Å². The summed E-state index contributed by atoms with van der Waals surface area (Å²) in [5.74, 6) is -3.10. The zero-order valence-corrected chi connectivity index (χ0v) is 28.5. The van der Waals surface area contributed by atoms with E-state index in [1.807, 2.05) is 86.6 Å². The van der Waals surface area contributed by atoms with Crippen LogP contribution in [0.25, 0.3) is 32.7 Å². The van der Waals surface area contributed by atoms with Crippen LogP contribution in [-0.4, -0.2) is 67.9 Å². The number of aliphatic carboxylic acids is 1. The van der Waals surface area contributed by atoms with Gasteiger partial charge in [0.15, 0.2) is 0 Å². The van der Waals surface area contributed by atoms with Gasteiger partial charge >= 0.3 is 5.97 Å². The molecule has 0 spiro atoms. The molecule has 51 heavy (non-hydrogen) atoms. The predicted molar refractivity (Wildman–Crippen MR) is 197 cm³/mol. The van der Waals surface area contributed by atoms with E-state index in [1.54, 1.807) is 18.6 Å². The molecular formula is C39H43N7O5. The number of nitrogens with one attached hydrogen (secondary N) is 6. The van der Waals surface area contributed by atoms with Gasteiger partial charge in [-0.25, -0.2) is 4.79 Å². The van der Waals surface area contributed by atoms with Crippen LogP contribution < -0.4 is 21.7 Å². The van der Waals surface area contributed by atoms with Crippen LogP contribution in [0.3, 0.4) is 0 Å². The number of hydrogen-bond donors (Lipinski definition) is 8. The van der Waals surface area contributed by atoms with Gasteiger partial charge in [-0.05, 0) is 40.8 Å². The lowest BCUT2D eigenvalue weighted by molar-refractivity contribution is -0.142. The second-order valence-electron chi connectivity index (χ2n) is 13.1. The van der Waals surface area contributed by atoms with Crippen LogP contribution >= 0.6 is 0 Å². The van der Waals surface area contributed by atoms with Crippen LogP contribution in [0.5, 0.6) is 0 Å². The number of carbonyl (C=O) groups excluding carboxylic acids is 3. The summed E-state index contributed by atoms with van der Waals surface area (Å²) in [5, 5.41) is 21.2. The van der Waals surface area contributed by atoms with E-state index in [2.05, 4.69) is 30.9 Å². The molecule has 264 valence electrons. The standard InChI is InChI=1S/C39H43N7O5/c1-3-22(2)35(40)38(49)45-33(17-24-20-42-30-14-8-5-11-27(24)30)36(47)44-32(16-23-19-41-29-13-7-4-10-26(23)29)37(48)46-34(39(50)51)18-25-21-43-31-15-9-6-12-28(25)31/h4-15,19-22,32-35,41-43H,3,16-18,40H2,1-2H3,(H,44,47)(H,45,49)(H,46,48)(H,50,51). The lowest BCUT2D eigenvalue weighted by atomic mass is 9.97. The molecule has 6 aromatic rings. The van der Waals surface area contributed by atoms with Crippen molar-refractivity contribution in [2.24, 2.45) is 11.7 Å². The number of carboxylic acids is 1. The van der Waals surface area contributed by atoms with E-state index in [-0.39, 0.29) is 25.2 Å². The highest BCUT2D eigenvalue weighted by Crippen LogP contribution is 2.22. The number of rotatable bonds is 15. The van der Waals surface area contributed by atoms with Crippen LogP contribution in [0.1, 0.15) is 37.0 Å². The maximum Gasteiger partial charge on any atom is 0.326 e.